The van der Waals surface area contributed by atoms with Crippen LogP contribution in [0.2, 0.25) is 0 Å². The molecule has 0 aliphatic carbocycles. The Morgan fingerprint density at radius 3 is 2.36 bits per heavy atom. The number of hydrogen-bond acceptors (Lipinski definition) is 1. The fourth-order valence-electron chi connectivity index (χ4n) is 2.68. The van der Waals surface area contributed by atoms with Gasteiger partial charge in [-0.2, -0.15) is 13.2 Å². The Morgan fingerprint density at radius 2 is 1.73 bits per heavy atom. The highest BCUT2D eigenvalue weighted by Gasteiger charge is 2.29. The van der Waals surface area contributed by atoms with Gasteiger partial charge in [0.05, 0.1) is 17.3 Å². The molecule has 0 spiro atoms. The molecular formula is C17H15F3N2. The minimum absolute atomic E-state index is 0.528. The average Bonchev–Trinajstić information content (AvgIpc) is 2.73. The normalized spacial score (nSPS) is 12.0. The molecule has 5 heteroatoms. The zero-order chi connectivity index (χ0) is 15.9. The first-order valence-corrected chi connectivity index (χ1v) is 6.93. The van der Waals surface area contributed by atoms with E-state index < -0.39 is 11.7 Å². The van der Waals surface area contributed by atoms with Crippen molar-refractivity contribution < 1.29 is 13.2 Å². The van der Waals surface area contributed by atoms with Gasteiger partial charge in [-0.1, -0.05) is 12.1 Å². The third-order valence-corrected chi connectivity index (χ3v) is 4.06. The molecule has 0 saturated carbocycles. The molecule has 0 bridgehead atoms. The Balaban J connectivity index is 1.99. The number of aryl methyl sites for hydroxylation is 1. The molecule has 0 radical (unpaired) electrons. The third-order valence-electron chi connectivity index (χ3n) is 4.06. The van der Waals surface area contributed by atoms with Gasteiger partial charge in [0.2, 0.25) is 0 Å². The number of rotatable bonds is 2. The molecule has 22 heavy (non-hydrogen) atoms. The van der Waals surface area contributed by atoms with Crippen LogP contribution in [0.5, 0.6) is 0 Å². The second kappa shape index (κ2) is 5.16. The van der Waals surface area contributed by atoms with Crippen molar-refractivity contribution in [2.75, 3.05) is 0 Å². The highest BCUT2D eigenvalue weighted by molar-refractivity contribution is 5.84. The van der Waals surface area contributed by atoms with Crippen molar-refractivity contribution in [3.63, 3.8) is 0 Å². The van der Waals surface area contributed by atoms with E-state index in [9.17, 15) is 13.2 Å². The van der Waals surface area contributed by atoms with Crippen molar-refractivity contribution in [3.05, 3.63) is 65.1 Å². The number of fused-ring (bicyclic) bond motifs is 1. The van der Waals surface area contributed by atoms with E-state index in [0.29, 0.717) is 6.54 Å². The third kappa shape index (κ3) is 2.47. The van der Waals surface area contributed by atoms with Crippen molar-refractivity contribution in [2.45, 2.75) is 26.6 Å². The predicted molar refractivity (Wildman–Crippen MR) is 79.8 cm³/mol. The largest absolute Gasteiger partial charge is 0.416 e. The van der Waals surface area contributed by atoms with E-state index in [4.69, 9.17) is 0 Å². The van der Waals surface area contributed by atoms with Crippen molar-refractivity contribution in [1.82, 2.24) is 9.55 Å². The van der Waals surface area contributed by atoms with E-state index in [2.05, 4.69) is 9.55 Å². The zero-order valence-corrected chi connectivity index (χ0v) is 12.3. The molecular weight excluding hydrogens is 289 g/mol. The van der Waals surface area contributed by atoms with Crippen LogP contribution in [0.1, 0.15) is 22.4 Å². The summed E-state index contributed by atoms with van der Waals surface area (Å²) in [6.45, 7) is 4.58. The average molecular weight is 304 g/mol. The summed E-state index contributed by atoms with van der Waals surface area (Å²) in [4.78, 5) is 4.15. The lowest BCUT2D eigenvalue weighted by Gasteiger charge is -2.10. The lowest BCUT2D eigenvalue weighted by atomic mass is 10.1. The van der Waals surface area contributed by atoms with Crippen LogP contribution in [-0.2, 0) is 12.7 Å². The smallest absolute Gasteiger partial charge is 0.339 e. The Bertz CT molecular complexity index is 814. The van der Waals surface area contributed by atoms with Crippen LogP contribution in [0.15, 0.2) is 42.7 Å². The Labute approximate surface area is 126 Å². The first-order valence-electron chi connectivity index (χ1n) is 6.93. The molecule has 3 aromatic rings. The zero-order valence-electron chi connectivity index (χ0n) is 12.3. The van der Waals surface area contributed by atoms with Crippen LogP contribution < -0.4 is 0 Å². The summed E-state index contributed by atoms with van der Waals surface area (Å²) in [5.41, 5.74) is 3.48. The van der Waals surface area contributed by atoms with E-state index in [1.165, 1.54) is 17.7 Å². The Morgan fingerprint density at radius 1 is 1.05 bits per heavy atom. The quantitative estimate of drug-likeness (QED) is 0.670. The molecule has 0 aliphatic heterocycles. The summed E-state index contributed by atoms with van der Waals surface area (Å²) in [6.07, 6.45) is -0.758. The molecule has 2 aromatic heterocycles. The second-order valence-corrected chi connectivity index (χ2v) is 5.38. The van der Waals surface area contributed by atoms with Crippen LogP contribution in [-0.4, -0.2) is 9.55 Å². The molecule has 0 N–H and O–H groups in total. The van der Waals surface area contributed by atoms with Crippen LogP contribution in [0, 0.1) is 13.8 Å². The van der Waals surface area contributed by atoms with Gasteiger partial charge >= 0.3 is 6.18 Å². The van der Waals surface area contributed by atoms with E-state index >= 15 is 0 Å². The van der Waals surface area contributed by atoms with Gasteiger partial charge in [-0.3, -0.25) is 4.98 Å². The van der Waals surface area contributed by atoms with Crippen LogP contribution in [0.25, 0.3) is 10.9 Å². The Hall–Kier alpha value is -2.30. The number of alkyl halides is 3. The monoisotopic (exact) mass is 304 g/mol. The van der Waals surface area contributed by atoms with Gasteiger partial charge in [0, 0.05) is 23.8 Å². The minimum Gasteiger partial charge on any atom is -0.339 e. The van der Waals surface area contributed by atoms with Crippen LogP contribution in [0.4, 0.5) is 13.2 Å². The highest BCUT2D eigenvalue weighted by Crippen LogP contribution is 2.30. The summed E-state index contributed by atoms with van der Waals surface area (Å²) < 4.78 is 39.9. The summed E-state index contributed by atoms with van der Waals surface area (Å²) in [6, 6.07) is 7.27. The van der Waals surface area contributed by atoms with Gasteiger partial charge in [-0.25, -0.2) is 0 Å². The molecule has 0 amide bonds. The standard InChI is InChI=1S/C17H15F3N2/c1-11-12(2)22(16-9-21-8-7-15(11)16)10-13-3-5-14(6-4-13)17(18,19)20/h3-9H,10H2,1-2H3. The summed E-state index contributed by atoms with van der Waals surface area (Å²) in [7, 11) is 0. The first kappa shape index (κ1) is 14.6. The van der Waals surface area contributed by atoms with Gasteiger partial charge < -0.3 is 4.57 Å². The molecule has 1 aromatic carbocycles. The number of halogens is 3. The lowest BCUT2D eigenvalue weighted by Crippen LogP contribution is -2.06. The molecule has 0 saturated heterocycles. The van der Waals surface area contributed by atoms with E-state index in [-0.39, 0.29) is 0 Å². The van der Waals surface area contributed by atoms with Crippen LogP contribution in [0.3, 0.4) is 0 Å². The molecule has 0 aliphatic rings. The molecule has 0 unspecified atom stereocenters. The molecule has 3 rings (SSSR count). The van der Waals surface area contributed by atoms with Crippen molar-refractivity contribution in [3.8, 4) is 0 Å². The summed E-state index contributed by atoms with van der Waals surface area (Å²) in [5.74, 6) is 0. The predicted octanol–water partition coefficient (Wildman–Crippen LogP) is 4.72. The first-order chi connectivity index (χ1) is 10.4. The molecule has 114 valence electrons. The molecule has 2 heterocycles. The minimum atomic E-state index is -4.30. The maximum Gasteiger partial charge on any atom is 0.416 e. The van der Waals surface area contributed by atoms with E-state index in [1.807, 2.05) is 19.9 Å². The van der Waals surface area contributed by atoms with Gasteiger partial charge in [0.25, 0.3) is 0 Å². The van der Waals surface area contributed by atoms with Crippen molar-refractivity contribution in [2.24, 2.45) is 0 Å². The van der Waals surface area contributed by atoms with Crippen molar-refractivity contribution >= 4 is 10.9 Å². The van der Waals surface area contributed by atoms with Crippen molar-refractivity contribution in [1.29, 1.82) is 0 Å². The summed E-state index contributed by atoms with van der Waals surface area (Å²) >= 11 is 0. The van der Waals surface area contributed by atoms with E-state index in [1.54, 1.807) is 12.4 Å². The topological polar surface area (TPSA) is 17.8 Å². The highest BCUT2D eigenvalue weighted by atomic mass is 19.4. The number of nitrogens with zero attached hydrogens (tertiary/aromatic N) is 2. The second-order valence-electron chi connectivity index (χ2n) is 5.38. The summed E-state index contributed by atoms with van der Waals surface area (Å²) in [5, 5.41) is 1.12. The van der Waals surface area contributed by atoms with Gasteiger partial charge in [-0.15, -0.1) is 0 Å². The van der Waals surface area contributed by atoms with Gasteiger partial charge in [0.1, 0.15) is 0 Å². The molecule has 2 nitrogen and oxygen atoms in total. The van der Waals surface area contributed by atoms with E-state index in [0.717, 1.165) is 34.3 Å². The molecule has 0 atom stereocenters. The number of benzene rings is 1. The number of hydrogen-bond donors (Lipinski definition) is 0. The fourth-order valence-corrected chi connectivity index (χ4v) is 2.68. The Kier molecular flexibility index (Phi) is 3.43. The van der Waals surface area contributed by atoms with Crippen LogP contribution >= 0.6 is 0 Å². The SMILES string of the molecule is Cc1c(C)n(Cc2ccc(C(F)(F)F)cc2)c2cnccc12. The maximum atomic E-state index is 12.6. The fraction of sp³-hybridized carbons (Fsp3) is 0.235. The van der Waals surface area contributed by atoms with Gasteiger partial charge in [0.15, 0.2) is 0 Å². The maximum absolute atomic E-state index is 12.6. The molecule has 0 fully saturated rings. The number of pyridine rings is 1. The van der Waals surface area contributed by atoms with Gasteiger partial charge in [-0.05, 0) is 43.2 Å². The number of aromatic nitrogens is 2. The lowest BCUT2D eigenvalue weighted by molar-refractivity contribution is -0.137.